The number of amides is 2. The molecule has 1 aliphatic rings. The molecule has 1 saturated heterocycles. The lowest BCUT2D eigenvalue weighted by Gasteiger charge is -2.14. The maximum Gasteiger partial charge on any atom is 0.266 e. The van der Waals surface area contributed by atoms with Gasteiger partial charge < -0.3 is 14.8 Å². The molecule has 1 heterocycles. The fraction of sp³-hybridized carbons (Fsp3) is 0.261. The number of ether oxygens (including phenoxy) is 2. The molecule has 0 bridgehead atoms. The molecule has 0 unspecified atom stereocenters. The third-order valence-corrected chi connectivity index (χ3v) is 6.52. The van der Waals surface area contributed by atoms with E-state index in [0.717, 1.165) is 17.5 Å². The van der Waals surface area contributed by atoms with Crippen molar-refractivity contribution in [2.75, 3.05) is 25.6 Å². The summed E-state index contributed by atoms with van der Waals surface area (Å²) >= 11 is 10.1. The zero-order chi connectivity index (χ0) is 23.3. The molecule has 0 spiro atoms. The second-order valence-electron chi connectivity index (χ2n) is 7.07. The first-order chi connectivity index (χ1) is 15.3. The van der Waals surface area contributed by atoms with Gasteiger partial charge in [0.2, 0.25) is 0 Å². The molecule has 6 nitrogen and oxygen atoms in total. The lowest BCUT2D eigenvalue weighted by Crippen LogP contribution is -2.28. The monoisotopic (exact) mass is 534 g/mol. The number of hydrogen-bond acceptors (Lipinski definition) is 6. The van der Waals surface area contributed by atoms with Crippen LogP contribution in [-0.4, -0.2) is 41.3 Å². The first-order valence-electron chi connectivity index (χ1n) is 9.94. The average Bonchev–Trinajstić information content (AvgIpc) is 3.02. The van der Waals surface area contributed by atoms with E-state index in [2.05, 4.69) is 21.2 Å². The van der Waals surface area contributed by atoms with Crippen LogP contribution in [0.1, 0.15) is 24.5 Å². The highest BCUT2D eigenvalue weighted by Gasteiger charge is 2.31. The van der Waals surface area contributed by atoms with E-state index in [-0.39, 0.29) is 18.4 Å². The van der Waals surface area contributed by atoms with E-state index in [1.165, 1.54) is 18.9 Å². The van der Waals surface area contributed by atoms with Crippen molar-refractivity contribution < 1.29 is 19.1 Å². The molecule has 1 N–H and O–H groups in total. The van der Waals surface area contributed by atoms with E-state index < -0.39 is 0 Å². The maximum absolute atomic E-state index is 12.6. The van der Waals surface area contributed by atoms with Gasteiger partial charge in [-0.3, -0.25) is 14.5 Å². The molecule has 32 heavy (non-hydrogen) atoms. The Morgan fingerprint density at radius 2 is 2.00 bits per heavy atom. The van der Waals surface area contributed by atoms with Gasteiger partial charge in [0.25, 0.3) is 11.8 Å². The highest BCUT2D eigenvalue weighted by Crippen LogP contribution is 2.39. The quantitative estimate of drug-likeness (QED) is 0.361. The van der Waals surface area contributed by atoms with Crippen LogP contribution in [0.3, 0.4) is 0 Å². The summed E-state index contributed by atoms with van der Waals surface area (Å²) < 4.78 is 12.4. The van der Waals surface area contributed by atoms with Gasteiger partial charge in [-0.25, -0.2) is 0 Å². The maximum atomic E-state index is 12.6. The lowest BCUT2D eigenvalue weighted by atomic mass is 10.2. The predicted molar refractivity (Wildman–Crippen MR) is 136 cm³/mol. The van der Waals surface area contributed by atoms with Crippen LogP contribution in [0.15, 0.2) is 45.8 Å². The smallest absolute Gasteiger partial charge is 0.266 e. The molecule has 168 valence electrons. The Kier molecular flexibility index (Phi) is 8.33. The summed E-state index contributed by atoms with van der Waals surface area (Å²) in [5.41, 5.74) is 2.56. The molecule has 1 aliphatic heterocycles. The SMILES string of the molecule is CCCN1C(=O)/C(=C/c2cc(Br)c(OCC(=O)Nc3ccc(C)cc3)c(OC)c2)SC1=S. The van der Waals surface area contributed by atoms with Gasteiger partial charge >= 0.3 is 0 Å². The number of thiocarbonyl (C=S) groups is 1. The number of benzene rings is 2. The van der Waals surface area contributed by atoms with Gasteiger partial charge in [-0.2, -0.15) is 0 Å². The largest absolute Gasteiger partial charge is 0.493 e. The number of thioether (sulfide) groups is 1. The van der Waals surface area contributed by atoms with Gasteiger partial charge in [0.1, 0.15) is 4.32 Å². The van der Waals surface area contributed by atoms with Crippen LogP contribution in [0.25, 0.3) is 6.08 Å². The third kappa shape index (κ3) is 5.90. The fourth-order valence-corrected chi connectivity index (χ4v) is 4.89. The minimum absolute atomic E-state index is 0.0926. The first kappa shape index (κ1) is 24.3. The molecule has 0 aliphatic carbocycles. The van der Waals surface area contributed by atoms with E-state index in [0.29, 0.717) is 37.4 Å². The predicted octanol–water partition coefficient (Wildman–Crippen LogP) is 5.39. The molecule has 0 saturated carbocycles. The van der Waals surface area contributed by atoms with Gasteiger partial charge in [0.15, 0.2) is 18.1 Å². The van der Waals surface area contributed by atoms with Gasteiger partial charge in [-0.05, 0) is 65.2 Å². The zero-order valence-corrected chi connectivity index (χ0v) is 21.2. The summed E-state index contributed by atoms with van der Waals surface area (Å²) in [5.74, 6) is 0.469. The van der Waals surface area contributed by atoms with Gasteiger partial charge in [-0.15, -0.1) is 0 Å². The summed E-state index contributed by atoms with van der Waals surface area (Å²) in [7, 11) is 1.52. The molecule has 0 aromatic heterocycles. The molecule has 2 aromatic carbocycles. The molecule has 2 amide bonds. The number of carbonyl (C=O) groups is 2. The first-order valence-corrected chi connectivity index (χ1v) is 12.0. The number of nitrogens with one attached hydrogen (secondary N) is 1. The van der Waals surface area contributed by atoms with Crippen LogP contribution in [0, 0.1) is 6.92 Å². The molecule has 0 radical (unpaired) electrons. The number of carbonyl (C=O) groups excluding carboxylic acids is 2. The number of anilines is 1. The number of hydrogen-bond donors (Lipinski definition) is 1. The van der Waals surface area contributed by atoms with E-state index in [1.54, 1.807) is 17.0 Å². The fourth-order valence-electron chi connectivity index (χ4n) is 3.00. The molecule has 0 atom stereocenters. The van der Waals surface area contributed by atoms with Crippen molar-refractivity contribution in [2.45, 2.75) is 20.3 Å². The summed E-state index contributed by atoms with van der Waals surface area (Å²) in [6, 6.07) is 11.1. The zero-order valence-electron chi connectivity index (χ0n) is 17.9. The van der Waals surface area contributed by atoms with Crippen molar-refractivity contribution in [3.8, 4) is 11.5 Å². The Labute approximate surface area is 205 Å². The highest BCUT2D eigenvalue weighted by atomic mass is 79.9. The van der Waals surface area contributed by atoms with Crippen LogP contribution in [0.2, 0.25) is 0 Å². The normalized spacial score (nSPS) is 14.8. The van der Waals surface area contributed by atoms with Crippen LogP contribution in [0.5, 0.6) is 11.5 Å². The third-order valence-electron chi connectivity index (χ3n) is 4.55. The summed E-state index contributed by atoms with van der Waals surface area (Å²) in [6.07, 6.45) is 2.61. The van der Waals surface area contributed by atoms with E-state index in [9.17, 15) is 9.59 Å². The topological polar surface area (TPSA) is 67.9 Å². The Morgan fingerprint density at radius 3 is 2.66 bits per heavy atom. The number of aryl methyl sites for hydroxylation is 1. The average molecular weight is 535 g/mol. The molecule has 3 rings (SSSR count). The van der Waals surface area contributed by atoms with Crippen molar-refractivity contribution in [1.29, 1.82) is 0 Å². The van der Waals surface area contributed by atoms with Crippen LogP contribution in [0.4, 0.5) is 5.69 Å². The van der Waals surface area contributed by atoms with Crippen molar-refractivity contribution >= 4 is 67.8 Å². The number of nitrogens with zero attached hydrogens (tertiary/aromatic N) is 1. The van der Waals surface area contributed by atoms with E-state index in [4.69, 9.17) is 21.7 Å². The summed E-state index contributed by atoms with van der Waals surface area (Å²) in [4.78, 5) is 27.0. The van der Waals surface area contributed by atoms with Crippen molar-refractivity contribution in [3.05, 3.63) is 56.9 Å². The van der Waals surface area contributed by atoms with Crippen molar-refractivity contribution in [2.24, 2.45) is 0 Å². The molecular formula is C23H23BrN2O4S2. The lowest BCUT2D eigenvalue weighted by molar-refractivity contribution is -0.122. The summed E-state index contributed by atoms with van der Waals surface area (Å²) in [5, 5.41) is 2.79. The Morgan fingerprint density at radius 1 is 1.28 bits per heavy atom. The van der Waals surface area contributed by atoms with Crippen LogP contribution >= 0.6 is 39.9 Å². The Balaban J connectivity index is 1.72. The van der Waals surface area contributed by atoms with Gasteiger partial charge in [0.05, 0.1) is 16.5 Å². The Bertz CT molecular complexity index is 1070. The van der Waals surface area contributed by atoms with E-state index >= 15 is 0 Å². The van der Waals surface area contributed by atoms with E-state index in [1.807, 2.05) is 44.2 Å². The molecule has 2 aromatic rings. The number of rotatable bonds is 8. The second-order valence-corrected chi connectivity index (χ2v) is 9.60. The van der Waals surface area contributed by atoms with Crippen molar-refractivity contribution in [3.63, 3.8) is 0 Å². The van der Waals surface area contributed by atoms with Crippen LogP contribution < -0.4 is 14.8 Å². The highest BCUT2D eigenvalue weighted by molar-refractivity contribution is 9.10. The van der Waals surface area contributed by atoms with Gasteiger partial charge in [-0.1, -0.05) is 48.6 Å². The molecule has 1 fully saturated rings. The number of methoxy groups -OCH3 is 1. The number of halogens is 1. The minimum atomic E-state index is -0.286. The van der Waals surface area contributed by atoms with Crippen LogP contribution in [-0.2, 0) is 9.59 Å². The van der Waals surface area contributed by atoms with Gasteiger partial charge in [0, 0.05) is 12.2 Å². The summed E-state index contributed by atoms with van der Waals surface area (Å²) in [6.45, 7) is 4.41. The molecule has 9 heteroatoms. The standard InChI is InChI=1S/C23H23BrN2O4S2/c1-4-9-26-22(28)19(32-23(26)31)12-15-10-17(24)21(18(11-15)29-3)30-13-20(27)25-16-7-5-14(2)6-8-16/h5-8,10-12H,4,9,13H2,1-3H3,(H,25,27)/b19-12-. The minimum Gasteiger partial charge on any atom is -0.493 e. The Hall–Kier alpha value is -2.36. The van der Waals surface area contributed by atoms with Crippen molar-refractivity contribution in [1.82, 2.24) is 4.90 Å². The molecular weight excluding hydrogens is 512 g/mol. The second kappa shape index (κ2) is 11.0.